The van der Waals surface area contributed by atoms with Gasteiger partial charge in [0.05, 0.1) is 6.10 Å². The fourth-order valence-corrected chi connectivity index (χ4v) is 4.06. The fraction of sp³-hybridized carbons (Fsp3) is 1.00. The lowest BCUT2D eigenvalue weighted by molar-refractivity contribution is 0.0898. The summed E-state index contributed by atoms with van der Waals surface area (Å²) >= 11 is 2.03. The predicted molar refractivity (Wildman–Crippen MR) is 71.0 cm³/mol. The predicted octanol–water partition coefficient (Wildman–Crippen LogP) is 2.56. The number of thioether (sulfide) groups is 1. The zero-order chi connectivity index (χ0) is 11.4. The molecule has 0 bridgehead atoms. The Hall–Kier alpha value is 0.270. The van der Waals surface area contributed by atoms with Crippen LogP contribution in [0.1, 0.15) is 51.4 Å². The van der Waals surface area contributed by atoms with Gasteiger partial charge < -0.3 is 10.4 Å². The third-order valence-corrected chi connectivity index (χ3v) is 5.78. The van der Waals surface area contributed by atoms with Crippen LogP contribution in [-0.2, 0) is 0 Å². The topological polar surface area (TPSA) is 32.3 Å². The second-order valence-corrected chi connectivity index (χ2v) is 6.71. The molecule has 2 aliphatic rings. The minimum atomic E-state index is -0.103. The second-order valence-electron chi connectivity index (χ2n) is 5.43. The highest BCUT2D eigenvalue weighted by Crippen LogP contribution is 2.39. The summed E-state index contributed by atoms with van der Waals surface area (Å²) in [5.74, 6) is 0. The van der Waals surface area contributed by atoms with E-state index in [0.717, 1.165) is 19.4 Å². The van der Waals surface area contributed by atoms with Crippen LogP contribution >= 0.6 is 11.8 Å². The van der Waals surface area contributed by atoms with Crippen molar-refractivity contribution in [2.75, 3.05) is 12.8 Å². The van der Waals surface area contributed by atoms with Gasteiger partial charge in [-0.05, 0) is 31.9 Å². The van der Waals surface area contributed by atoms with E-state index in [9.17, 15) is 5.11 Å². The molecule has 2 N–H and O–H groups in total. The molecule has 0 spiro atoms. The van der Waals surface area contributed by atoms with E-state index in [1.807, 2.05) is 11.8 Å². The second kappa shape index (κ2) is 5.74. The van der Waals surface area contributed by atoms with Crippen molar-refractivity contribution >= 4 is 11.8 Å². The van der Waals surface area contributed by atoms with Crippen LogP contribution in [0, 0.1) is 0 Å². The molecule has 2 aliphatic carbocycles. The summed E-state index contributed by atoms with van der Waals surface area (Å²) in [7, 11) is 0. The summed E-state index contributed by atoms with van der Waals surface area (Å²) in [6.07, 6.45) is 12.2. The van der Waals surface area contributed by atoms with Crippen LogP contribution in [0.15, 0.2) is 0 Å². The van der Waals surface area contributed by atoms with Crippen molar-refractivity contribution in [3.05, 3.63) is 0 Å². The van der Waals surface area contributed by atoms with Crippen LogP contribution in [0.4, 0.5) is 0 Å². The van der Waals surface area contributed by atoms with Crippen LogP contribution in [-0.4, -0.2) is 34.8 Å². The first-order valence-corrected chi connectivity index (χ1v) is 7.95. The van der Waals surface area contributed by atoms with E-state index in [0.29, 0.717) is 10.8 Å². The molecule has 2 fully saturated rings. The lowest BCUT2D eigenvalue weighted by Crippen LogP contribution is -2.47. The van der Waals surface area contributed by atoms with Gasteiger partial charge in [-0.15, -0.1) is 0 Å². The van der Waals surface area contributed by atoms with Crippen molar-refractivity contribution in [1.82, 2.24) is 5.32 Å². The van der Waals surface area contributed by atoms with Gasteiger partial charge in [0.1, 0.15) is 0 Å². The summed E-state index contributed by atoms with van der Waals surface area (Å²) in [6, 6.07) is 0.360. The van der Waals surface area contributed by atoms with E-state index in [2.05, 4.69) is 11.6 Å². The van der Waals surface area contributed by atoms with E-state index in [-0.39, 0.29) is 6.10 Å². The summed E-state index contributed by atoms with van der Waals surface area (Å²) < 4.78 is 0.469. The van der Waals surface area contributed by atoms with Gasteiger partial charge in [-0.3, -0.25) is 0 Å². The summed E-state index contributed by atoms with van der Waals surface area (Å²) in [6.45, 7) is 1.09. The summed E-state index contributed by atoms with van der Waals surface area (Å²) in [5, 5.41) is 13.6. The molecule has 0 aromatic carbocycles. The Bertz CT molecular complexity index is 216. The van der Waals surface area contributed by atoms with E-state index < -0.39 is 0 Å². The average Bonchev–Trinajstić information content (AvgIpc) is 2.78. The van der Waals surface area contributed by atoms with Gasteiger partial charge in [-0.2, -0.15) is 11.8 Å². The third kappa shape index (κ3) is 2.93. The largest absolute Gasteiger partial charge is 0.392 e. The van der Waals surface area contributed by atoms with Crippen LogP contribution in [0.3, 0.4) is 0 Å². The smallest absolute Gasteiger partial charge is 0.0693 e. The molecule has 0 saturated heterocycles. The maximum Gasteiger partial charge on any atom is 0.0693 e. The number of nitrogens with one attached hydrogen (secondary N) is 1. The quantitative estimate of drug-likeness (QED) is 0.796. The van der Waals surface area contributed by atoms with Crippen molar-refractivity contribution in [3.63, 3.8) is 0 Å². The van der Waals surface area contributed by atoms with Gasteiger partial charge in [0.25, 0.3) is 0 Å². The Morgan fingerprint density at radius 1 is 1.19 bits per heavy atom. The van der Waals surface area contributed by atoms with Crippen molar-refractivity contribution in [1.29, 1.82) is 0 Å². The van der Waals surface area contributed by atoms with Gasteiger partial charge in [0.2, 0.25) is 0 Å². The molecular weight excluding hydrogens is 218 g/mol. The summed E-state index contributed by atoms with van der Waals surface area (Å²) in [4.78, 5) is 0. The molecule has 0 heterocycles. The SMILES string of the molecule is CSC1(CN[C@H]2CCCC[C@@H]2O)CCCC1. The number of hydrogen-bond acceptors (Lipinski definition) is 3. The van der Waals surface area contributed by atoms with Crippen LogP contribution in [0.25, 0.3) is 0 Å². The molecule has 0 unspecified atom stereocenters. The minimum Gasteiger partial charge on any atom is -0.392 e. The van der Waals surface area contributed by atoms with Crippen LogP contribution in [0.5, 0.6) is 0 Å². The zero-order valence-corrected chi connectivity index (χ0v) is 11.2. The Morgan fingerprint density at radius 3 is 2.50 bits per heavy atom. The Labute approximate surface area is 104 Å². The zero-order valence-electron chi connectivity index (χ0n) is 10.4. The number of aliphatic hydroxyl groups is 1. The monoisotopic (exact) mass is 243 g/mol. The molecule has 2 rings (SSSR count). The maximum absolute atomic E-state index is 9.93. The van der Waals surface area contributed by atoms with Crippen molar-refractivity contribution < 1.29 is 5.11 Å². The average molecular weight is 243 g/mol. The molecule has 94 valence electrons. The molecule has 0 amide bonds. The maximum atomic E-state index is 9.93. The van der Waals surface area contributed by atoms with Crippen molar-refractivity contribution in [2.24, 2.45) is 0 Å². The van der Waals surface area contributed by atoms with Gasteiger partial charge in [-0.25, -0.2) is 0 Å². The van der Waals surface area contributed by atoms with Gasteiger partial charge >= 0.3 is 0 Å². The molecule has 2 atom stereocenters. The lowest BCUT2D eigenvalue weighted by atomic mass is 9.92. The fourth-order valence-electron chi connectivity index (χ4n) is 3.14. The van der Waals surface area contributed by atoms with Gasteiger partial charge in [-0.1, -0.05) is 25.7 Å². The minimum absolute atomic E-state index is 0.103. The van der Waals surface area contributed by atoms with Crippen LogP contribution < -0.4 is 5.32 Å². The Balaban J connectivity index is 1.80. The van der Waals surface area contributed by atoms with Gasteiger partial charge in [0.15, 0.2) is 0 Å². The van der Waals surface area contributed by atoms with Gasteiger partial charge in [0, 0.05) is 17.3 Å². The highest BCUT2D eigenvalue weighted by Gasteiger charge is 2.34. The highest BCUT2D eigenvalue weighted by molar-refractivity contribution is 8.00. The molecule has 0 aliphatic heterocycles. The molecule has 0 aromatic heterocycles. The molecule has 2 nitrogen and oxygen atoms in total. The van der Waals surface area contributed by atoms with Crippen molar-refractivity contribution in [3.8, 4) is 0 Å². The first kappa shape index (κ1) is 12.7. The standard InChI is InChI=1S/C13H25NOS/c1-16-13(8-4-5-9-13)10-14-11-6-2-3-7-12(11)15/h11-12,14-15H,2-10H2,1H3/t11-,12-/m0/s1. The van der Waals surface area contributed by atoms with Crippen LogP contribution in [0.2, 0.25) is 0 Å². The third-order valence-electron chi connectivity index (χ3n) is 4.36. The molecular formula is C13H25NOS. The Morgan fingerprint density at radius 2 is 1.88 bits per heavy atom. The summed E-state index contributed by atoms with van der Waals surface area (Å²) in [5.41, 5.74) is 0. The molecule has 2 saturated carbocycles. The molecule has 16 heavy (non-hydrogen) atoms. The highest BCUT2D eigenvalue weighted by atomic mass is 32.2. The van der Waals surface area contributed by atoms with Crippen molar-refractivity contribution in [2.45, 2.75) is 68.3 Å². The van der Waals surface area contributed by atoms with E-state index in [1.165, 1.54) is 38.5 Å². The first-order chi connectivity index (χ1) is 7.76. The van der Waals surface area contributed by atoms with E-state index in [1.54, 1.807) is 0 Å². The van der Waals surface area contributed by atoms with E-state index in [4.69, 9.17) is 0 Å². The van der Waals surface area contributed by atoms with E-state index >= 15 is 0 Å². The molecule has 0 aromatic rings. The molecule has 0 radical (unpaired) electrons. The lowest BCUT2D eigenvalue weighted by Gasteiger charge is -2.34. The number of rotatable bonds is 4. The normalized spacial score (nSPS) is 34.1. The first-order valence-electron chi connectivity index (χ1n) is 6.72. The number of aliphatic hydroxyl groups excluding tert-OH is 1. The molecule has 3 heteroatoms. The number of hydrogen-bond donors (Lipinski definition) is 2. The Kier molecular flexibility index (Phi) is 4.57.